The summed E-state index contributed by atoms with van der Waals surface area (Å²) in [7, 11) is 1.86. The molecule has 0 bridgehead atoms. The normalized spacial score (nSPS) is 15.3. The number of ether oxygens (including phenoxy) is 1. The lowest BCUT2D eigenvalue weighted by Crippen LogP contribution is -2.41. The van der Waals surface area contributed by atoms with Gasteiger partial charge in [0.2, 0.25) is 0 Å². The van der Waals surface area contributed by atoms with E-state index >= 15 is 0 Å². The minimum Gasteiger partial charge on any atom is -0.487 e. The van der Waals surface area contributed by atoms with Crippen LogP contribution in [0.25, 0.3) is 0 Å². The van der Waals surface area contributed by atoms with E-state index in [1.165, 1.54) is 12.8 Å². The van der Waals surface area contributed by atoms with Crippen LogP contribution in [0.2, 0.25) is 0 Å². The van der Waals surface area contributed by atoms with E-state index in [2.05, 4.69) is 27.7 Å². The van der Waals surface area contributed by atoms with Crippen LogP contribution in [0.3, 0.4) is 0 Å². The number of benzene rings is 3. The molecule has 1 aliphatic rings. The zero-order valence-electron chi connectivity index (χ0n) is 19.3. The first kappa shape index (κ1) is 22.9. The first-order chi connectivity index (χ1) is 16.2. The summed E-state index contributed by atoms with van der Waals surface area (Å²) in [4.78, 5) is 15.8. The predicted molar refractivity (Wildman–Crippen MR) is 133 cm³/mol. The summed E-state index contributed by atoms with van der Waals surface area (Å²) in [6.07, 6.45) is 4.68. The quantitative estimate of drug-likeness (QED) is 0.475. The van der Waals surface area contributed by atoms with E-state index in [1.807, 2.05) is 73.8 Å². The molecule has 0 aromatic heterocycles. The van der Waals surface area contributed by atoms with E-state index in [4.69, 9.17) is 4.74 Å². The molecular formula is C28H33N3O2. The van der Waals surface area contributed by atoms with Gasteiger partial charge in [0.05, 0.1) is 5.69 Å². The van der Waals surface area contributed by atoms with Crippen molar-refractivity contribution in [2.75, 3.05) is 25.5 Å². The van der Waals surface area contributed by atoms with Crippen LogP contribution in [-0.2, 0) is 6.61 Å². The Bertz CT molecular complexity index is 1020. The Morgan fingerprint density at radius 2 is 1.58 bits per heavy atom. The summed E-state index contributed by atoms with van der Waals surface area (Å²) in [5.74, 6) is 0.570. The number of carbonyl (C=O) groups is 1. The van der Waals surface area contributed by atoms with Crippen LogP contribution < -0.4 is 15.4 Å². The van der Waals surface area contributed by atoms with Crippen LogP contribution in [0.15, 0.2) is 78.9 Å². The second-order valence-electron chi connectivity index (χ2n) is 8.47. The van der Waals surface area contributed by atoms with Crippen molar-refractivity contribution in [2.45, 2.75) is 38.5 Å². The summed E-state index contributed by atoms with van der Waals surface area (Å²) in [5, 5.41) is 6.45. The lowest BCUT2D eigenvalue weighted by atomic mass is 10.1. The standard InChI is InChI=1S/C28H33N3O2/c1-29-25-17-16-24(20-26(25)33-21-22-12-6-4-7-13-22)28(32)30-27(23-14-8-5-9-15-23)31-18-10-2-3-11-19-31/h4-9,12-17,20,27,29H,2-3,10-11,18-19,21H2,1H3,(H,30,32). The minimum absolute atomic E-state index is 0.0969. The van der Waals surface area contributed by atoms with Gasteiger partial charge < -0.3 is 15.4 Å². The molecule has 0 spiro atoms. The maximum absolute atomic E-state index is 13.4. The van der Waals surface area contributed by atoms with Crippen LogP contribution in [-0.4, -0.2) is 30.9 Å². The summed E-state index contributed by atoms with van der Waals surface area (Å²) < 4.78 is 6.07. The van der Waals surface area contributed by atoms with Crippen molar-refractivity contribution < 1.29 is 9.53 Å². The topological polar surface area (TPSA) is 53.6 Å². The van der Waals surface area contributed by atoms with Gasteiger partial charge in [-0.25, -0.2) is 0 Å². The predicted octanol–water partition coefficient (Wildman–Crippen LogP) is 5.61. The smallest absolute Gasteiger partial charge is 0.252 e. The second-order valence-corrected chi connectivity index (χ2v) is 8.47. The summed E-state index contributed by atoms with van der Waals surface area (Å²) in [5.41, 5.74) is 3.64. The molecule has 5 nitrogen and oxygen atoms in total. The molecule has 0 radical (unpaired) electrons. The van der Waals surface area contributed by atoms with Crippen molar-refractivity contribution >= 4 is 11.6 Å². The number of rotatable bonds is 8. The molecule has 172 valence electrons. The van der Waals surface area contributed by atoms with Crippen molar-refractivity contribution in [3.05, 3.63) is 95.6 Å². The third kappa shape index (κ3) is 6.14. The fourth-order valence-corrected chi connectivity index (χ4v) is 4.31. The van der Waals surface area contributed by atoms with Gasteiger partial charge in [-0.15, -0.1) is 0 Å². The van der Waals surface area contributed by atoms with Crippen molar-refractivity contribution in [2.24, 2.45) is 0 Å². The Morgan fingerprint density at radius 1 is 0.909 bits per heavy atom. The van der Waals surface area contributed by atoms with Gasteiger partial charge in [-0.1, -0.05) is 73.5 Å². The van der Waals surface area contributed by atoms with Gasteiger partial charge in [0.1, 0.15) is 18.5 Å². The van der Waals surface area contributed by atoms with Gasteiger partial charge in [-0.3, -0.25) is 9.69 Å². The number of anilines is 1. The zero-order chi connectivity index (χ0) is 22.9. The van der Waals surface area contributed by atoms with Gasteiger partial charge in [-0.05, 0) is 42.2 Å². The Balaban J connectivity index is 1.53. The highest BCUT2D eigenvalue weighted by Crippen LogP contribution is 2.28. The number of carbonyl (C=O) groups excluding carboxylic acids is 1. The largest absolute Gasteiger partial charge is 0.487 e. The third-order valence-corrected chi connectivity index (χ3v) is 6.14. The highest BCUT2D eigenvalue weighted by molar-refractivity contribution is 5.95. The maximum atomic E-state index is 13.4. The highest BCUT2D eigenvalue weighted by atomic mass is 16.5. The Kier molecular flexibility index (Phi) is 7.99. The fraction of sp³-hybridized carbons (Fsp3) is 0.321. The first-order valence-corrected chi connectivity index (χ1v) is 11.8. The van der Waals surface area contributed by atoms with E-state index in [0.717, 1.165) is 42.7 Å². The van der Waals surface area contributed by atoms with Crippen LogP contribution in [0.5, 0.6) is 5.75 Å². The monoisotopic (exact) mass is 443 g/mol. The number of hydrogen-bond acceptors (Lipinski definition) is 4. The van der Waals surface area contributed by atoms with Gasteiger partial charge in [0, 0.05) is 25.7 Å². The average Bonchev–Trinajstić information content (AvgIpc) is 3.16. The number of likely N-dealkylation sites (tertiary alicyclic amines) is 1. The summed E-state index contributed by atoms with van der Waals surface area (Å²) in [6.45, 7) is 2.43. The zero-order valence-corrected chi connectivity index (χ0v) is 19.3. The van der Waals surface area contributed by atoms with E-state index in [9.17, 15) is 4.79 Å². The van der Waals surface area contributed by atoms with E-state index in [1.54, 1.807) is 0 Å². The second kappa shape index (κ2) is 11.5. The lowest BCUT2D eigenvalue weighted by molar-refractivity contribution is 0.0849. The first-order valence-electron chi connectivity index (χ1n) is 11.8. The molecule has 3 aromatic rings. The number of amides is 1. The molecule has 4 rings (SSSR count). The molecule has 1 aliphatic heterocycles. The maximum Gasteiger partial charge on any atom is 0.252 e. The highest BCUT2D eigenvalue weighted by Gasteiger charge is 2.24. The number of hydrogen-bond donors (Lipinski definition) is 2. The number of nitrogens with one attached hydrogen (secondary N) is 2. The molecule has 5 heteroatoms. The lowest BCUT2D eigenvalue weighted by Gasteiger charge is -2.31. The molecule has 1 amide bonds. The molecule has 33 heavy (non-hydrogen) atoms. The van der Waals surface area contributed by atoms with Gasteiger partial charge in [0.15, 0.2) is 0 Å². The van der Waals surface area contributed by atoms with E-state index < -0.39 is 0 Å². The van der Waals surface area contributed by atoms with E-state index in [-0.39, 0.29) is 12.1 Å². The Labute approximate surface area is 196 Å². The molecule has 1 fully saturated rings. The summed E-state index contributed by atoms with van der Waals surface area (Å²) in [6, 6.07) is 25.9. The molecule has 1 unspecified atom stereocenters. The molecule has 2 N–H and O–H groups in total. The molecule has 1 atom stereocenters. The minimum atomic E-state index is -0.144. The average molecular weight is 444 g/mol. The van der Waals surface area contributed by atoms with Crippen LogP contribution in [0, 0.1) is 0 Å². The van der Waals surface area contributed by atoms with Crippen LogP contribution in [0.4, 0.5) is 5.69 Å². The van der Waals surface area contributed by atoms with Gasteiger partial charge >= 0.3 is 0 Å². The molecule has 1 heterocycles. The van der Waals surface area contributed by atoms with Crippen molar-refractivity contribution in [1.82, 2.24) is 10.2 Å². The van der Waals surface area contributed by atoms with Crippen LogP contribution in [0.1, 0.15) is 53.3 Å². The summed E-state index contributed by atoms with van der Waals surface area (Å²) >= 11 is 0. The van der Waals surface area contributed by atoms with Crippen molar-refractivity contribution in [3.8, 4) is 5.75 Å². The van der Waals surface area contributed by atoms with Crippen LogP contribution >= 0.6 is 0 Å². The van der Waals surface area contributed by atoms with E-state index in [0.29, 0.717) is 17.9 Å². The fourth-order valence-electron chi connectivity index (χ4n) is 4.31. The Hall–Kier alpha value is -3.31. The van der Waals surface area contributed by atoms with Gasteiger partial charge in [0.25, 0.3) is 5.91 Å². The molecular weight excluding hydrogens is 410 g/mol. The van der Waals surface area contributed by atoms with Crippen molar-refractivity contribution in [3.63, 3.8) is 0 Å². The van der Waals surface area contributed by atoms with Gasteiger partial charge in [-0.2, -0.15) is 0 Å². The molecule has 1 saturated heterocycles. The molecule has 3 aromatic carbocycles. The Morgan fingerprint density at radius 3 is 2.24 bits per heavy atom. The molecule has 0 aliphatic carbocycles. The van der Waals surface area contributed by atoms with Crippen molar-refractivity contribution in [1.29, 1.82) is 0 Å². The third-order valence-electron chi connectivity index (χ3n) is 6.14. The molecule has 0 saturated carbocycles. The SMILES string of the molecule is CNc1ccc(C(=O)NC(c2ccccc2)N2CCCCCC2)cc1OCc1ccccc1. The number of nitrogens with zero attached hydrogens (tertiary/aromatic N) is 1.